The zero-order valence-corrected chi connectivity index (χ0v) is 12.3. The van der Waals surface area contributed by atoms with Gasteiger partial charge in [0.1, 0.15) is 12.0 Å². The summed E-state index contributed by atoms with van der Waals surface area (Å²) in [5, 5.41) is 17.4. The van der Waals surface area contributed by atoms with Gasteiger partial charge in [-0.05, 0) is 12.1 Å². The molecule has 9 heteroatoms. The molecule has 2 heterocycles. The molecule has 1 aromatic carbocycles. The van der Waals surface area contributed by atoms with Crippen LogP contribution in [-0.4, -0.2) is 33.4 Å². The smallest absolute Gasteiger partial charge is 0.254 e. The van der Waals surface area contributed by atoms with Crippen molar-refractivity contribution in [1.82, 2.24) is 15.3 Å². The average molecular weight is 339 g/mol. The van der Waals surface area contributed by atoms with E-state index in [9.17, 15) is 9.90 Å². The Labute approximate surface area is 134 Å². The van der Waals surface area contributed by atoms with E-state index in [1.54, 1.807) is 18.2 Å². The Balaban J connectivity index is 2.02. The maximum atomic E-state index is 10.6. The summed E-state index contributed by atoms with van der Waals surface area (Å²) in [7, 11) is 0. The number of aromatic nitrogens is 2. The molecular weight excluding hydrogens is 331 g/mol. The van der Waals surface area contributed by atoms with Crippen LogP contribution in [0, 0.1) is 0 Å². The molecule has 1 aliphatic rings. The number of hydrogen-bond acceptors (Lipinski definition) is 7. The highest BCUT2D eigenvalue weighted by molar-refractivity contribution is 6.42. The highest BCUT2D eigenvalue weighted by Gasteiger charge is 2.25. The number of nitrogens with one attached hydrogen (secondary N) is 1. The fourth-order valence-corrected chi connectivity index (χ4v) is 2.17. The van der Waals surface area contributed by atoms with Gasteiger partial charge >= 0.3 is 0 Å². The molecule has 0 bridgehead atoms. The van der Waals surface area contributed by atoms with Crippen LogP contribution >= 0.6 is 23.2 Å². The highest BCUT2D eigenvalue weighted by Crippen LogP contribution is 2.33. The molecule has 0 amide bonds. The molecule has 0 aliphatic carbocycles. The Kier molecular flexibility index (Phi) is 3.82. The van der Waals surface area contributed by atoms with E-state index in [1.165, 1.54) is 6.33 Å². The van der Waals surface area contributed by atoms with Crippen LogP contribution in [-0.2, 0) is 9.63 Å². The molecule has 0 fully saturated rings. The number of amidine groups is 1. The van der Waals surface area contributed by atoms with Crippen LogP contribution in [0.3, 0.4) is 0 Å². The molecule has 22 heavy (non-hydrogen) atoms. The maximum Gasteiger partial charge on any atom is 0.254 e. The van der Waals surface area contributed by atoms with Gasteiger partial charge in [0.25, 0.3) is 6.23 Å². The Hall–Kier alpha value is -2.38. The van der Waals surface area contributed by atoms with Gasteiger partial charge in [-0.2, -0.15) is 0 Å². The topological polar surface area (TPSA) is 96.7 Å². The summed E-state index contributed by atoms with van der Waals surface area (Å²) in [4.78, 5) is 23.4. The minimum absolute atomic E-state index is 0.112. The first-order chi connectivity index (χ1) is 10.6. The molecule has 112 valence electrons. The second-order valence-corrected chi connectivity index (χ2v) is 5.11. The zero-order chi connectivity index (χ0) is 15.7. The first kappa shape index (κ1) is 14.6. The van der Waals surface area contributed by atoms with Gasteiger partial charge < -0.3 is 15.3 Å². The van der Waals surface area contributed by atoms with Gasteiger partial charge in [-0.25, -0.2) is 9.97 Å². The predicted octanol–water partition coefficient (Wildman–Crippen LogP) is 1.96. The number of benzene rings is 1. The summed E-state index contributed by atoms with van der Waals surface area (Å²) in [6.45, 7) is 0. The van der Waals surface area contributed by atoms with Crippen molar-refractivity contribution in [2.24, 2.45) is 5.16 Å². The minimum atomic E-state index is -0.905. The Bertz CT molecular complexity index is 782. The zero-order valence-electron chi connectivity index (χ0n) is 10.8. The van der Waals surface area contributed by atoms with Crippen molar-refractivity contribution in [2.45, 2.75) is 6.23 Å². The summed E-state index contributed by atoms with van der Waals surface area (Å²) < 4.78 is 0. The van der Waals surface area contributed by atoms with Crippen molar-refractivity contribution in [2.75, 3.05) is 0 Å². The number of hydrogen-bond donors (Lipinski definition) is 2. The Morgan fingerprint density at radius 1 is 1.23 bits per heavy atom. The van der Waals surface area contributed by atoms with E-state index in [1.807, 2.05) is 0 Å². The molecule has 2 N–H and O–H groups in total. The molecule has 0 spiro atoms. The van der Waals surface area contributed by atoms with Crippen LogP contribution in [0.5, 0.6) is 5.75 Å². The van der Waals surface area contributed by atoms with E-state index in [4.69, 9.17) is 28.0 Å². The molecule has 1 atom stereocenters. The second kappa shape index (κ2) is 5.78. The number of halogens is 2. The monoisotopic (exact) mass is 338 g/mol. The standard InChI is InChI=1S/C13H8Cl2N4O3/c14-7-2-1-6(3-8(7)15)10-12(21)11(17-5-16-10)13-18-9(4-20)22-19-13/h1-5,9,21H,(H,18,19). The third-order valence-corrected chi connectivity index (χ3v) is 3.64. The van der Waals surface area contributed by atoms with Crippen LogP contribution in [0.25, 0.3) is 11.3 Å². The Morgan fingerprint density at radius 3 is 2.68 bits per heavy atom. The largest absolute Gasteiger partial charge is 0.504 e. The van der Waals surface area contributed by atoms with E-state index in [2.05, 4.69) is 20.4 Å². The van der Waals surface area contributed by atoms with Gasteiger partial charge in [0.05, 0.1) is 10.0 Å². The van der Waals surface area contributed by atoms with Gasteiger partial charge in [-0.1, -0.05) is 34.4 Å². The molecule has 2 aromatic rings. The fourth-order valence-electron chi connectivity index (χ4n) is 1.87. The molecular formula is C13H8Cl2N4O3. The van der Waals surface area contributed by atoms with Crippen LogP contribution in [0.1, 0.15) is 5.69 Å². The first-order valence-electron chi connectivity index (χ1n) is 6.05. The average Bonchev–Trinajstić information content (AvgIpc) is 2.99. The van der Waals surface area contributed by atoms with E-state index in [-0.39, 0.29) is 23.0 Å². The van der Waals surface area contributed by atoms with Gasteiger partial charge in [0.15, 0.2) is 23.6 Å². The molecule has 0 radical (unpaired) electrons. The van der Waals surface area contributed by atoms with Crippen LogP contribution in [0.4, 0.5) is 0 Å². The fraction of sp³-hybridized carbons (Fsp3) is 0.0769. The van der Waals surface area contributed by atoms with E-state index in [0.717, 1.165) is 0 Å². The molecule has 1 unspecified atom stereocenters. The molecule has 0 saturated heterocycles. The summed E-state index contributed by atoms with van der Waals surface area (Å²) in [6.07, 6.45) is 0.887. The lowest BCUT2D eigenvalue weighted by molar-refractivity contribution is -0.117. The van der Waals surface area contributed by atoms with Gasteiger partial charge in [0.2, 0.25) is 0 Å². The van der Waals surface area contributed by atoms with Crippen molar-refractivity contribution in [3.8, 4) is 17.0 Å². The number of rotatable bonds is 3. The number of nitrogens with zero attached hydrogens (tertiary/aromatic N) is 3. The Morgan fingerprint density at radius 2 is 2.00 bits per heavy atom. The maximum absolute atomic E-state index is 10.6. The number of aldehydes is 1. The second-order valence-electron chi connectivity index (χ2n) is 4.29. The highest BCUT2D eigenvalue weighted by atomic mass is 35.5. The van der Waals surface area contributed by atoms with Gasteiger partial charge in [-0.15, -0.1) is 0 Å². The van der Waals surface area contributed by atoms with Crippen molar-refractivity contribution < 1.29 is 14.7 Å². The summed E-state index contributed by atoms with van der Waals surface area (Å²) in [6, 6.07) is 4.83. The van der Waals surface area contributed by atoms with Crippen molar-refractivity contribution >= 4 is 35.3 Å². The molecule has 1 aromatic heterocycles. The van der Waals surface area contributed by atoms with Crippen LogP contribution in [0.15, 0.2) is 29.7 Å². The quantitative estimate of drug-likeness (QED) is 0.830. The summed E-state index contributed by atoms with van der Waals surface area (Å²) in [5.41, 5.74) is 0.921. The SMILES string of the molecule is O=CC1NC(c2ncnc(-c3ccc(Cl)c(Cl)c3)c2O)=NO1. The number of oxime groups is 1. The van der Waals surface area contributed by atoms with E-state index >= 15 is 0 Å². The number of carbonyl (C=O) groups is 1. The molecule has 7 nitrogen and oxygen atoms in total. The van der Waals surface area contributed by atoms with Crippen molar-refractivity contribution in [1.29, 1.82) is 0 Å². The minimum Gasteiger partial charge on any atom is -0.504 e. The van der Waals surface area contributed by atoms with Crippen LogP contribution in [0.2, 0.25) is 10.0 Å². The normalized spacial score (nSPS) is 16.6. The first-order valence-corrected chi connectivity index (χ1v) is 6.81. The lowest BCUT2D eigenvalue weighted by Gasteiger charge is -2.08. The van der Waals surface area contributed by atoms with E-state index < -0.39 is 6.23 Å². The third kappa shape index (κ3) is 2.56. The predicted molar refractivity (Wildman–Crippen MR) is 79.8 cm³/mol. The third-order valence-electron chi connectivity index (χ3n) is 2.90. The molecule has 1 aliphatic heterocycles. The van der Waals surface area contributed by atoms with Crippen LogP contribution < -0.4 is 5.32 Å². The van der Waals surface area contributed by atoms with Gasteiger partial charge in [-0.3, -0.25) is 4.79 Å². The molecule has 3 rings (SSSR count). The summed E-state index contributed by atoms with van der Waals surface area (Å²) in [5.74, 6) is -0.0828. The van der Waals surface area contributed by atoms with E-state index in [0.29, 0.717) is 21.9 Å². The number of aromatic hydroxyl groups is 1. The number of carbonyl (C=O) groups excluding carboxylic acids is 1. The van der Waals surface area contributed by atoms with Crippen molar-refractivity contribution in [3.63, 3.8) is 0 Å². The lowest BCUT2D eigenvalue weighted by atomic mass is 10.1. The lowest BCUT2D eigenvalue weighted by Crippen LogP contribution is -2.31. The van der Waals surface area contributed by atoms with Gasteiger partial charge in [0, 0.05) is 5.56 Å². The summed E-state index contributed by atoms with van der Waals surface area (Å²) >= 11 is 11.8. The molecule has 0 saturated carbocycles. The van der Waals surface area contributed by atoms with Crippen molar-refractivity contribution in [3.05, 3.63) is 40.3 Å².